The molecule has 0 unspecified atom stereocenters. The zero-order valence-corrected chi connectivity index (χ0v) is 13.0. The van der Waals surface area contributed by atoms with E-state index >= 15 is 0 Å². The zero-order valence-electron chi connectivity index (χ0n) is 12.2. The molecule has 0 saturated carbocycles. The van der Waals surface area contributed by atoms with Crippen molar-refractivity contribution in [1.82, 2.24) is 9.88 Å². The molecule has 6 nitrogen and oxygen atoms in total. The minimum atomic E-state index is -3.51. The Morgan fingerprint density at radius 2 is 2.09 bits per heavy atom. The van der Waals surface area contributed by atoms with E-state index < -0.39 is 10.0 Å². The number of primary sulfonamides is 1. The first-order chi connectivity index (χ1) is 10.4. The van der Waals surface area contributed by atoms with Crippen LogP contribution in [0.4, 0.5) is 0 Å². The van der Waals surface area contributed by atoms with Gasteiger partial charge in [-0.25, -0.2) is 13.6 Å². The Hall–Kier alpha value is -1.70. The second kappa shape index (κ2) is 5.83. The van der Waals surface area contributed by atoms with Gasteiger partial charge in [-0.2, -0.15) is 0 Å². The number of nitrogens with zero attached hydrogens (tertiary/aromatic N) is 1. The number of aromatic amines is 1. The number of H-pyrrole nitrogens is 1. The molecule has 7 heteroatoms. The summed E-state index contributed by atoms with van der Waals surface area (Å²) in [6.45, 7) is 1.23. The predicted molar refractivity (Wildman–Crippen MR) is 86.0 cm³/mol. The number of rotatable bonds is 4. The molecule has 0 bridgehead atoms. The van der Waals surface area contributed by atoms with E-state index in [0.717, 1.165) is 30.3 Å². The lowest BCUT2D eigenvalue weighted by Crippen LogP contribution is -2.38. The summed E-state index contributed by atoms with van der Waals surface area (Å²) in [6.07, 6.45) is 1.72. The van der Waals surface area contributed by atoms with Gasteiger partial charge < -0.3 is 4.98 Å². The average Bonchev–Trinajstić information content (AvgIpc) is 2.85. The van der Waals surface area contributed by atoms with Gasteiger partial charge in [0.25, 0.3) is 5.56 Å². The summed E-state index contributed by atoms with van der Waals surface area (Å²) < 4.78 is 22.6. The van der Waals surface area contributed by atoms with Crippen LogP contribution < -0.4 is 10.7 Å². The molecule has 1 aliphatic rings. The maximum Gasteiger partial charge on any atom is 0.252 e. The second-order valence-corrected chi connectivity index (χ2v) is 7.47. The van der Waals surface area contributed by atoms with Crippen LogP contribution in [0.1, 0.15) is 18.4 Å². The third-order valence-corrected chi connectivity index (χ3v) is 4.98. The molecular weight excluding hydrogens is 302 g/mol. The van der Waals surface area contributed by atoms with Crippen molar-refractivity contribution in [3.8, 4) is 0 Å². The Morgan fingerprint density at radius 3 is 2.86 bits per heavy atom. The van der Waals surface area contributed by atoms with Gasteiger partial charge in [-0.05, 0) is 36.9 Å². The van der Waals surface area contributed by atoms with Crippen molar-refractivity contribution in [2.45, 2.75) is 25.4 Å². The Kier molecular flexibility index (Phi) is 4.03. The molecule has 1 fully saturated rings. The summed E-state index contributed by atoms with van der Waals surface area (Å²) >= 11 is 0. The van der Waals surface area contributed by atoms with Crippen molar-refractivity contribution < 1.29 is 8.42 Å². The number of para-hydroxylation sites is 1. The first-order valence-corrected chi connectivity index (χ1v) is 8.99. The quantitative estimate of drug-likeness (QED) is 0.870. The number of hydrogen-bond donors (Lipinski definition) is 2. The smallest absolute Gasteiger partial charge is 0.252 e. The van der Waals surface area contributed by atoms with Crippen LogP contribution in [0.5, 0.6) is 0 Å². The van der Waals surface area contributed by atoms with E-state index in [4.69, 9.17) is 5.14 Å². The summed E-state index contributed by atoms with van der Waals surface area (Å²) in [6, 6.07) is 9.37. The first-order valence-electron chi connectivity index (χ1n) is 7.28. The van der Waals surface area contributed by atoms with Crippen LogP contribution in [0, 0.1) is 0 Å². The van der Waals surface area contributed by atoms with Crippen LogP contribution in [0.15, 0.2) is 35.1 Å². The van der Waals surface area contributed by atoms with Gasteiger partial charge in [0.2, 0.25) is 10.0 Å². The molecule has 0 radical (unpaired) electrons. The number of fused-ring (bicyclic) bond motifs is 1. The lowest BCUT2D eigenvalue weighted by atomic mass is 10.1. The highest BCUT2D eigenvalue weighted by atomic mass is 32.2. The normalized spacial score (nSPS) is 19.8. The molecule has 3 N–H and O–H groups in total. The molecule has 2 heterocycles. The molecule has 118 valence electrons. The fraction of sp³-hybridized carbons (Fsp3) is 0.400. The van der Waals surface area contributed by atoms with Crippen molar-refractivity contribution >= 4 is 20.9 Å². The Bertz CT molecular complexity index is 844. The molecule has 0 aliphatic carbocycles. The molecule has 22 heavy (non-hydrogen) atoms. The fourth-order valence-electron chi connectivity index (χ4n) is 3.09. The topological polar surface area (TPSA) is 96.3 Å². The standard InChI is InChI=1S/C15H19N3O3S/c16-22(20,21)10-13-5-3-7-18(13)9-12-8-11-4-1-2-6-14(11)17-15(12)19/h1-2,4,6,8,13H,3,5,7,9-10H2,(H,17,19)(H2,16,20,21)/t13-/m0/s1. The van der Waals surface area contributed by atoms with Gasteiger partial charge >= 0.3 is 0 Å². The van der Waals surface area contributed by atoms with E-state index in [9.17, 15) is 13.2 Å². The molecule has 1 aromatic heterocycles. The number of aromatic nitrogens is 1. The molecule has 1 aliphatic heterocycles. The maximum absolute atomic E-state index is 12.2. The number of sulfonamides is 1. The van der Waals surface area contributed by atoms with Gasteiger partial charge in [-0.1, -0.05) is 18.2 Å². The molecule has 3 rings (SSSR count). The van der Waals surface area contributed by atoms with Crippen LogP contribution in [-0.4, -0.2) is 36.6 Å². The Labute approximate surface area is 129 Å². The number of nitrogens with two attached hydrogens (primary N) is 1. The molecule has 1 aromatic carbocycles. The lowest BCUT2D eigenvalue weighted by molar-refractivity contribution is 0.261. The summed E-state index contributed by atoms with van der Waals surface area (Å²) in [4.78, 5) is 17.1. The van der Waals surface area contributed by atoms with Gasteiger partial charge in [-0.3, -0.25) is 9.69 Å². The monoisotopic (exact) mass is 321 g/mol. The van der Waals surface area contributed by atoms with E-state index in [-0.39, 0.29) is 17.4 Å². The number of nitrogens with one attached hydrogen (secondary N) is 1. The van der Waals surface area contributed by atoms with Crippen molar-refractivity contribution in [2.75, 3.05) is 12.3 Å². The number of likely N-dealkylation sites (tertiary alicyclic amines) is 1. The van der Waals surface area contributed by atoms with Gasteiger partial charge in [0.15, 0.2) is 0 Å². The minimum absolute atomic E-state index is 0.0571. The van der Waals surface area contributed by atoms with E-state index in [0.29, 0.717) is 12.1 Å². The third-order valence-electron chi connectivity index (χ3n) is 4.13. The fourth-order valence-corrected chi connectivity index (χ4v) is 4.00. The molecule has 1 atom stereocenters. The number of benzene rings is 1. The minimum Gasteiger partial charge on any atom is -0.322 e. The van der Waals surface area contributed by atoms with Crippen molar-refractivity contribution in [2.24, 2.45) is 5.14 Å². The molecule has 2 aromatic rings. The highest BCUT2D eigenvalue weighted by Crippen LogP contribution is 2.21. The van der Waals surface area contributed by atoms with Crippen LogP contribution in [0.25, 0.3) is 10.9 Å². The first kappa shape index (κ1) is 15.2. The van der Waals surface area contributed by atoms with Crippen molar-refractivity contribution in [1.29, 1.82) is 0 Å². The van der Waals surface area contributed by atoms with Gasteiger partial charge in [-0.15, -0.1) is 0 Å². The summed E-state index contributed by atoms with van der Waals surface area (Å²) in [5.41, 5.74) is 1.33. The largest absolute Gasteiger partial charge is 0.322 e. The summed E-state index contributed by atoms with van der Waals surface area (Å²) in [5, 5.41) is 6.12. The average molecular weight is 321 g/mol. The number of pyridine rings is 1. The van der Waals surface area contributed by atoms with Crippen LogP contribution >= 0.6 is 0 Å². The van der Waals surface area contributed by atoms with E-state index in [1.807, 2.05) is 35.2 Å². The van der Waals surface area contributed by atoms with Crippen LogP contribution in [-0.2, 0) is 16.6 Å². The summed E-state index contributed by atoms with van der Waals surface area (Å²) in [5.74, 6) is -0.0571. The molecule has 1 saturated heterocycles. The zero-order chi connectivity index (χ0) is 15.7. The maximum atomic E-state index is 12.2. The third kappa shape index (κ3) is 3.37. The summed E-state index contributed by atoms with van der Waals surface area (Å²) in [7, 11) is -3.51. The van der Waals surface area contributed by atoms with Gasteiger partial charge in [0, 0.05) is 23.7 Å². The SMILES string of the molecule is NS(=O)(=O)C[C@@H]1CCCN1Cc1cc2ccccc2[nH]c1=O. The van der Waals surface area contributed by atoms with Gasteiger partial charge in [0.05, 0.1) is 5.75 Å². The Balaban J connectivity index is 1.86. The van der Waals surface area contributed by atoms with Crippen LogP contribution in [0.3, 0.4) is 0 Å². The van der Waals surface area contributed by atoms with E-state index in [2.05, 4.69) is 4.98 Å². The highest BCUT2D eigenvalue weighted by Gasteiger charge is 2.28. The highest BCUT2D eigenvalue weighted by molar-refractivity contribution is 7.89. The molecule has 0 spiro atoms. The predicted octanol–water partition coefficient (Wildman–Crippen LogP) is 0.781. The lowest BCUT2D eigenvalue weighted by Gasteiger charge is -2.23. The van der Waals surface area contributed by atoms with Gasteiger partial charge in [0.1, 0.15) is 0 Å². The van der Waals surface area contributed by atoms with E-state index in [1.165, 1.54) is 0 Å². The molecular formula is C15H19N3O3S. The number of hydrogen-bond acceptors (Lipinski definition) is 4. The van der Waals surface area contributed by atoms with Crippen molar-refractivity contribution in [3.05, 3.63) is 46.2 Å². The van der Waals surface area contributed by atoms with E-state index in [1.54, 1.807) is 0 Å². The van der Waals surface area contributed by atoms with Crippen molar-refractivity contribution in [3.63, 3.8) is 0 Å². The Morgan fingerprint density at radius 1 is 1.32 bits per heavy atom. The second-order valence-electron chi connectivity index (χ2n) is 5.81. The molecule has 0 amide bonds. The van der Waals surface area contributed by atoms with Crippen LogP contribution in [0.2, 0.25) is 0 Å².